The molecule has 2 rings (SSSR count). The van der Waals surface area contributed by atoms with E-state index in [4.69, 9.17) is 23.2 Å². The van der Waals surface area contributed by atoms with Crippen molar-refractivity contribution >= 4 is 44.6 Å². The molecule has 0 saturated heterocycles. The highest BCUT2D eigenvalue weighted by molar-refractivity contribution is 7.93. The zero-order valence-electron chi connectivity index (χ0n) is 12.9. The van der Waals surface area contributed by atoms with E-state index in [0.29, 0.717) is 5.56 Å². The average Bonchev–Trinajstić information content (AvgIpc) is 2.51. The minimum atomic E-state index is -4.03. The molecule has 0 saturated carbocycles. The maximum Gasteiger partial charge on any atom is 0.271 e. The zero-order chi connectivity index (χ0) is 18.1. The fourth-order valence-corrected chi connectivity index (χ4v) is 4.51. The maximum atomic E-state index is 13.0. The smallest absolute Gasteiger partial charge is 0.266 e. The highest BCUT2D eigenvalue weighted by atomic mass is 35.5. The molecule has 6 nitrogen and oxygen atoms in total. The molecule has 128 valence electrons. The molecule has 9 heteroatoms. The van der Waals surface area contributed by atoms with Crippen molar-refractivity contribution in [3.63, 3.8) is 0 Å². The molecule has 0 unspecified atom stereocenters. The van der Waals surface area contributed by atoms with Gasteiger partial charge in [0.15, 0.2) is 0 Å². The zero-order valence-corrected chi connectivity index (χ0v) is 15.2. The lowest BCUT2D eigenvalue weighted by Crippen LogP contribution is -2.31. The van der Waals surface area contributed by atoms with E-state index in [-0.39, 0.29) is 32.9 Å². The van der Waals surface area contributed by atoms with E-state index < -0.39 is 14.9 Å². The summed E-state index contributed by atoms with van der Waals surface area (Å²) in [6.07, 6.45) is 0. The molecule has 0 aliphatic heterocycles. The molecule has 0 atom stereocenters. The first kappa shape index (κ1) is 18.5. The molecule has 0 aliphatic rings. The van der Waals surface area contributed by atoms with Gasteiger partial charge in [-0.2, -0.15) is 0 Å². The summed E-state index contributed by atoms with van der Waals surface area (Å²) in [5.74, 6) is 0. The van der Waals surface area contributed by atoms with Crippen LogP contribution in [-0.4, -0.2) is 19.9 Å². The first-order valence-electron chi connectivity index (χ1n) is 6.91. The molecule has 0 radical (unpaired) electrons. The first-order valence-corrected chi connectivity index (χ1v) is 9.11. The molecule has 0 bridgehead atoms. The summed E-state index contributed by atoms with van der Waals surface area (Å²) in [6.45, 7) is 3.39. The molecule has 0 amide bonds. The minimum Gasteiger partial charge on any atom is -0.266 e. The molecule has 0 spiro atoms. The number of sulfonamides is 1. The third-order valence-corrected chi connectivity index (χ3v) is 6.03. The number of hydrogen-bond acceptors (Lipinski definition) is 4. The van der Waals surface area contributed by atoms with Gasteiger partial charge in [-0.1, -0.05) is 29.3 Å². The van der Waals surface area contributed by atoms with Crippen molar-refractivity contribution in [2.75, 3.05) is 10.8 Å². The van der Waals surface area contributed by atoms with E-state index in [2.05, 4.69) is 0 Å². The normalized spacial score (nSPS) is 11.3. The standard InChI is InChI=1S/C15H14Cl2N2O4S/c1-3-18(14-9-12(19(20)21)6-4-10(14)2)24(22,23)15-8-11(16)5-7-13(15)17/h4-9H,3H2,1-2H3. The molecule has 0 N–H and O–H groups in total. The monoisotopic (exact) mass is 388 g/mol. The van der Waals surface area contributed by atoms with E-state index in [0.717, 1.165) is 4.31 Å². The Kier molecular flexibility index (Phi) is 5.37. The summed E-state index contributed by atoms with van der Waals surface area (Å²) in [5, 5.41) is 11.2. The second-order valence-electron chi connectivity index (χ2n) is 4.97. The van der Waals surface area contributed by atoms with Crippen molar-refractivity contribution in [3.05, 3.63) is 62.1 Å². The maximum absolute atomic E-state index is 13.0. The van der Waals surface area contributed by atoms with Crippen molar-refractivity contribution < 1.29 is 13.3 Å². The Morgan fingerprint density at radius 1 is 1.17 bits per heavy atom. The van der Waals surface area contributed by atoms with Crippen molar-refractivity contribution in [2.24, 2.45) is 0 Å². The van der Waals surface area contributed by atoms with Gasteiger partial charge in [-0.3, -0.25) is 14.4 Å². The van der Waals surface area contributed by atoms with Crippen LogP contribution in [0.15, 0.2) is 41.3 Å². The van der Waals surface area contributed by atoms with Crippen LogP contribution in [0.3, 0.4) is 0 Å². The highest BCUT2D eigenvalue weighted by Crippen LogP contribution is 2.33. The lowest BCUT2D eigenvalue weighted by atomic mass is 10.2. The summed E-state index contributed by atoms with van der Waals surface area (Å²) in [6, 6.07) is 8.20. The number of rotatable bonds is 5. The molecule has 24 heavy (non-hydrogen) atoms. The SMILES string of the molecule is CCN(c1cc([N+](=O)[O-])ccc1C)S(=O)(=O)c1cc(Cl)ccc1Cl. The van der Waals surface area contributed by atoms with Gasteiger partial charge >= 0.3 is 0 Å². The summed E-state index contributed by atoms with van der Waals surface area (Å²) >= 11 is 11.9. The molecular weight excluding hydrogens is 375 g/mol. The van der Waals surface area contributed by atoms with Crippen molar-refractivity contribution in [1.29, 1.82) is 0 Å². The quantitative estimate of drug-likeness (QED) is 0.560. The average molecular weight is 389 g/mol. The van der Waals surface area contributed by atoms with Crippen LogP contribution >= 0.6 is 23.2 Å². The van der Waals surface area contributed by atoms with Crippen molar-refractivity contribution in [3.8, 4) is 0 Å². The number of non-ortho nitro benzene ring substituents is 1. The van der Waals surface area contributed by atoms with Crippen LogP contribution in [0.1, 0.15) is 12.5 Å². The third kappa shape index (κ3) is 3.48. The fraction of sp³-hybridized carbons (Fsp3) is 0.200. The Balaban J connectivity index is 2.65. The minimum absolute atomic E-state index is 0.0286. The second-order valence-corrected chi connectivity index (χ2v) is 7.65. The van der Waals surface area contributed by atoms with E-state index >= 15 is 0 Å². The largest absolute Gasteiger partial charge is 0.271 e. The van der Waals surface area contributed by atoms with Gasteiger partial charge in [-0.25, -0.2) is 8.42 Å². The number of benzene rings is 2. The van der Waals surface area contributed by atoms with E-state index in [1.54, 1.807) is 13.8 Å². The predicted molar refractivity (Wildman–Crippen MR) is 94.5 cm³/mol. The molecule has 0 fully saturated rings. The molecule has 2 aromatic rings. The molecule has 2 aromatic carbocycles. The van der Waals surface area contributed by atoms with Gasteiger partial charge in [-0.05, 0) is 37.6 Å². The van der Waals surface area contributed by atoms with E-state index in [1.165, 1.54) is 36.4 Å². The predicted octanol–water partition coefficient (Wildman–Crippen LogP) is 4.43. The van der Waals surface area contributed by atoms with Gasteiger partial charge in [0.1, 0.15) is 4.90 Å². The van der Waals surface area contributed by atoms with Crippen LogP contribution in [0.2, 0.25) is 10.0 Å². The summed E-state index contributed by atoms with van der Waals surface area (Å²) in [7, 11) is -4.03. The van der Waals surface area contributed by atoms with Crippen LogP contribution in [0.25, 0.3) is 0 Å². The topological polar surface area (TPSA) is 80.5 Å². The third-order valence-electron chi connectivity index (χ3n) is 3.42. The van der Waals surface area contributed by atoms with Gasteiger partial charge in [0.25, 0.3) is 15.7 Å². The van der Waals surface area contributed by atoms with Gasteiger partial charge in [0.2, 0.25) is 0 Å². The fourth-order valence-electron chi connectivity index (χ4n) is 2.24. The molecule has 0 heterocycles. The number of aryl methyl sites for hydroxylation is 1. The molecule has 0 aromatic heterocycles. The van der Waals surface area contributed by atoms with Gasteiger partial charge < -0.3 is 0 Å². The highest BCUT2D eigenvalue weighted by Gasteiger charge is 2.28. The van der Waals surface area contributed by atoms with E-state index in [9.17, 15) is 18.5 Å². The van der Waals surface area contributed by atoms with Crippen LogP contribution in [0, 0.1) is 17.0 Å². The van der Waals surface area contributed by atoms with Crippen molar-refractivity contribution in [1.82, 2.24) is 0 Å². The van der Waals surface area contributed by atoms with Crippen LogP contribution < -0.4 is 4.31 Å². The number of nitro benzene ring substituents is 1. The van der Waals surface area contributed by atoms with Gasteiger partial charge in [0.05, 0.1) is 15.6 Å². The van der Waals surface area contributed by atoms with Crippen LogP contribution in [0.4, 0.5) is 11.4 Å². The number of hydrogen-bond donors (Lipinski definition) is 0. The lowest BCUT2D eigenvalue weighted by molar-refractivity contribution is -0.384. The molecule has 0 aliphatic carbocycles. The summed E-state index contributed by atoms with van der Waals surface area (Å²) < 4.78 is 27.0. The van der Waals surface area contributed by atoms with Gasteiger partial charge in [0, 0.05) is 23.7 Å². The van der Waals surface area contributed by atoms with Crippen molar-refractivity contribution in [2.45, 2.75) is 18.7 Å². The number of nitro groups is 1. The Labute approximate surface area is 149 Å². The Morgan fingerprint density at radius 3 is 2.42 bits per heavy atom. The first-order chi connectivity index (χ1) is 11.2. The Hall–Kier alpha value is -1.83. The number of halogens is 2. The Morgan fingerprint density at radius 2 is 1.83 bits per heavy atom. The van der Waals surface area contributed by atoms with E-state index in [1.807, 2.05) is 0 Å². The van der Waals surface area contributed by atoms with Gasteiger partial charge in [-0.15, -0.1) is 0 Å². The van der Waals surface area contributed by atoms with Crippen LogP contribution in [-0.2, 0) is 10.0 Å². The summed E-state index contributed by atoms with van der Waals surface area (Å²) in [4.78, 5) is 10.3. The number of anilines is 1. The lowest BCUT2D eigenvalue weighted by Gasteiger charge is -2.25. The van der Waals surface area contributed by atoms with Crippen LogP contribution in [0.5, 0.6) is 0 Å². The summed E-state index contributed by atoms with van der Waals surface area (Å²) in [5.41, 5.74) is 0.619. The number of nitrogens with zero attached hydrogens (tertiary/aromatic N) is 2. The molecular formula is C15H14Cl2N2O4S. The second kappa shape index (κ2) is 6.96. The Bertz CT molecular complexity index is 900.